The molecule has 1 saturated heterocycles. The Labute approximate surface area is 186 Å². The van der Waals surface area contributed by atoms with Crippen LogP contribution < -0.4 is 5.32 Å². The largest absolute Gasteiger partial charge is 0.326 e. The van der Waals surface area contributed by atoms with E-state index in [4.69, 9.17) is 0 Å². The second-order valence-corrected chi connectivity index (χ2v) is 10.8. The van der Waals surface area contributed by atoms with Gasteiger partial charge in [-0.25, -0.2) is 8.42 Å². The Morgan fingerprint density at radius 3 is 2.25 bits per heavy atom. The lowest BCUT2D eigenvalue weighted by Gasteiger charge is -2.30. The van der Waals surface area contributed by atoms with Gasteiger partial charge in [-0.15, -0.1) is 0 Å². The number of carbonyl (C=O) groups excluding carboxylic acids is 1. The molecule has 0 saturated carbocycles. The topological polar surface area (TPSA) is 110 Å². The summed E-state index contributed by atoms with van der Waals surface area (Å²) in [4.78, 5) is 22.8. The number of rotatable bonds is 5. The van der Waals surface area contributed by atoms with Gasteiger partial charge in [0.05, 0.1) is 9.82 Å². The Morgan fingerprint density at radius 2 is 1.72 bits per heavy atom. The van der Waals surface area contributed by atoms with E-state index in [0.717, 1.165) is 17.7 Å². The van der Waals surface area contributed by atoms with E-state index in [1.54, 1.807) is 12.1 Å². The number of nitrogens with zero attached hydrogens (tertiary/aromatic N) is 2. The standard InChI is InChI=1S/C22H26FN3O5S/c1-22(2,3)16-4-7-18(8-5-16)32(30,31)25-12-10-15(11-13-25)21(27)24-17-6-9-19(23)20(14-17)26(28)29/h4-9,14-15H,10-13H2,1-3H3,(H,24,27). The molecule has 1 fully saturated rings. The lowest BCUT2D eigenvalue weighted by atomic mass is 9.87. The monoisotopic (exact) mass is 463 g/mol. The summed E-state index contributed by atoms with van der Waals surface area (Å²) in [6.07, 6.45) is 0.628. The van der Waals surface area contributed by atoms with E-state index in [0.29, 0.717) is 12.8 Å². The Bertz CT molecular complexity index is 1120. The van der Waals surface area contributed by atoms with Gasteiger partial charge >= 0.3 is 5.69 Å². The van der Waals surface area contributed by atoms with E-state index in [1.807, 2.05) is 12.1 Å². The van der Waals surface area contributed by atoms with Crippen molar-refractivity contribution in [2.45, 2.75) is 43.9 Å². The lowest BCUT2D eigenvalue weighted by molar-refractivity contribution is -0.387. The number of nitro groups is 1. The molecule has 3 rings (SSSR count). The van der Waals surface area contributed by atoms with Crippen LogP contribution >= 0.6 is 0 Å². The average Bonchev–Trinajstić information content (AvgIpc) is 2.74. The summed E-state index contributed by atoms with van der Waals surface area (Å²) in [5.74, 6) is -1.81. The maximum atomic E-state index is 13.5. The molecule has 0 bridgehead atoms. The predicted octanol–water partition coefficient (Wildman–Crippen LogP) is 4.07. The number of carbonyl (C=O) groups is 1. The highest BCUT2D eigenvalue weighted by atomic mass is 32.2. The van der Waals surface area contributed by atoms with Crippen LogP contribution in [0.4, 0.5) is 15.8 Å². The number of nitrogens with one attached hydrogen (secondary N) is 1. The molecule has 32 heavy (non-hydrogen) atoms. The minimum absolute atomic E-state index is 0.0844. The molecule has 2 aromatic carbocycles. The molecule has 1 amide bonds. The number of hydrogen-bond donors (Lipinski definition) is 1. The van der Waals surface area contributed by atoms with Crippen LogP contribution in [0.15, 0.2) is 47.4 Å². The van der Waals surface area contributed by atoms with Crippen LogP contribution in [0.5, 0.6) is 0 Å². The van der Waals surface area contributed by atoms with Gasteiger partial charge in [0.15, 0.2) is 0 Å². The van der Waals surface area contributed by atoms with Gasteiger partial charge in [-0.3, -0.25) is 14.9 Å². The van der Waals surface area contributed by atoms with Crippen molar-refractivity contribution >= 4 is 27.3 Å². The Hall–Kier alpha value is -2.85. The van der Waals surface area contributed by atoms with Gasteiger partial charge < -0.3 is 5.32 Å². The molecule has 2 aromatic rings. The van der Waals surface area contributed by atoms with Crippen LogP contribution in [0.1, 0.15) is 39.2 Å². The molecule has 0 aromatic heterocycles. The molecule has 1 N–H and O–H groups in total. The van der Waals surface area contributed by atoms with Gasteiger partial charge in [0.25, 0.3) is 0 Å². The van der Waals surface area contributed by atoms with Crippen LogP contribution in [-0.2, 0) is 20.2 Å². The minimum atomic E-state index is -3.67. The number of anilines is 1. The smallest absolute Gasteiger partial charge is 0.306 e. The maximum absolute atomic E-state index is 13.5. The molecule has 0 spiro atoms. The highest BCUT2D eigenvalue weighted by Gasteiger charge is 2.32. The molecule has 0 atom stereocenters. The second kappa shape index (κ2) is 8.95. The summed E-state index contributed by atoms with van der Waals surface area (Å²) >= 11 is 0. The molecule has 10 heteroatoms. The van der Waals surface area contributed by atoms with Gasteiger partial charge in [0.2, 0.25) is 21.7 Å². The number of amides is 1. The molecular weight excluding hydrogens is 437 g/mol. The van der Waals surface area contributed by atoms with Crippen molar-refractivity contribution in [3.05, 3.63) is 64.0 Å². The molecule has 8 nitrogen and oxygen atoms in total. The first-order chi connectivity index (χ1) is 14.9. The van der Waals surface area contributed by atoms with Gasteiger partial charge in [0, 0.05) is 30.8 Å². The second-order valence-electron chi connectivity index (χ2n) is 8.87. The first-order valence-electron chi connectivity index (χ1n) is 10.2. The average molecular weight is 464 g/mol. The van der Waals surface area contributed by atoms with E-state index in [9.17, 15) is 27.7 Å². The number of piperidine rings is 1. The zero-order chi connectivity index (χ0) is 23.7. The van der Waals surface area contributed by atoms with E-state index in [2.05, 4.69) is 26.1 Å². The molecule has 1 aliphatic heterocycles. The third-order valence-corrected chi connectivity index (χ3v) is 7.51. The minimum Gasteiger partial charge on any atom is -0.326 e. The molecule has 0 aliphatic carbocycles. The fraction of sp³-hybridized carbons (Fsp3) is 0.409. The van der Waals surface area contributed by atoms with Crippen molar-refractivity contribution in [2.75, 3.05) is 18.4 Å². The fourth-order valence-corrected chi connectivity index (χ4v) is 5.08. The van der Waals surface area contributed by atoms with Crippen LogP contribution in [0.3, 0.4) is 0 Å². The predicted molar refractivity (Wildman–Crippen MR) is 118 cm³/mol. The van der Waals surface area contributed by atoms with Crippen molar-refractivity contribution in [1.82, 2.24) is 4.31 Å². The van der Waals surface area contributed by atoms with Crippen LogP contribution in [0.2, 0.25) is 0 Å². The summed E-state index contributed by atoms with van der Waals surface area (Å²) in [7, 11) is -3.67. The van der Waals surface area contributed by atoms with E-state index < -0.39 is 32.4 Å². The highest BCUT2D eigenvalue weighted by molar-refractivity contribution is 7.89. The normalized spacial score (nSPS) is 16.0. The first kappa shape index (κ1) is 23.8. The van der Waals surface area contributed by atoms with Crippen LogP contribution in [0, 0.1) is 21.8 Å². The molecule has 172 valence electrons. The third-order valence-electron chi connectivity index (χ3n) is 5.59. The summed E-state index contributed by atoms with van der Waals surface area (Å²) in [6.45, 7) is 6.53. The molecule has 0 radical (unpaired) electrons. The summed E-state index contributed by atoms with van der Waals surface area (Å²) in [6, 6.07) is 9.99. The van der Waals surface area contributed by atoms with Crippen molar-refractivity contribution < 1.29 is 22.5 Å². The Kier molecular flexibility index (Phi) is 6.66. The maximum Gasteiger partial charge on any atom is 0.306 e. The number of halogens is 1. The van der Waals surface area contributed by atoms with Crippen molar-refractivity contribution in [3.63, 3.8) is 0 Å². The molecule has 1 heterocycles. The summed E-state index contributed by atoms with van der Waals surface area (Å²) in [5.41, 5.74) is 0.352. The molecule has 0 unspecified atom stereocenters. The summed E-state index contributed by atoms with van der Waals surface area (Å²) < 4.78 is 40.8. The van der Waals surface area contributed by atoms with Gasteiger partial charge in [-0.1, -0.05) is 32.9 Å². The SMILES string of the molecule is CC(C)(C)c1ccc(S(=O)(=O)N2CCC(C(=O)Nc3ccc(F)c([N+](=O)[O-])c3)CC2)cc1. The van der Waals surface area contributed by atoms with Gasteiger partial charge in [-0.05, 0) is 48.1 Å². The first-order valence-corrected chi connectivity index (χ1v) is 11.7. The van der Waals surface area contributed by atoms with Crippen LogP contribution in [-0.4, -0.2) is 36.6 Å². The molecular formula is C22H26FN3O5S. The highest BCUT2D eigenvalue weighted by Crippen LogP contribution is 2.28. The third kappa shape index (κ3) is 5.13. The molecule has 1 aliphatic rings. The van der Waals surface area contributed by atoms with Crippen LogP contribution in [0.25, 0.3) is 0 Å². The Balaban J connectivity index is 1.63. The van der Waals surface area contributed by atoms with Crippen molar-refractivity contribution in [1.29, 1.82) is 0 Å². The van der Waals surface area contributed by atoms with Gasteiger partial charge in [0.1, 0.15) is 0 Å². The number of nitro benzene ring substituents is 1. The van der Waals surface area contributed by atoms with E-state index >= 15 is 0 Å². The quantitative estimate of drug-likeness (QED) is 0.531. The number of hydrogen-bond acceptors (Lipinski definition) is 5. The Morgan fingerprint density at radius 1 is 1.12 bits per heavy atom. The lowest BCUT2D eigenvalue weighted by Crippen LogP contribution is -2.41. The van der Waals surface area contributed by atoms with Crippen molar-refractivity contribution in [2.24, 2.45) is 5.92 Å². The fourth-order valence-electron chi connectivity index (χ4n) is 3.61. The van der Waals surface area contributed by atoms with E-state index in [-0.39, 0.29) is 35.0 Å². The van der Waals surface area contributed by atoms with Gasteiger partial charge in [-0.2, -0.15) is 8.70 Å². The number of sulfonamides is 1. The number of benzene rings is 2. The zero-order valence-electron chi connectivity index (χ0n) is 18.2. The zero-order valence-corrected chi connectivity index (χ0v) is 19.0. The van der Waals surface area contributed by atoms with E-state index in [1.165, 1.54) is 10.4 Å². The van der Waals surface area contributed by atoms with Crippen molar-refractivity contribution in [3.8, 4) is 0 Å². The summed E-state index contributed by atoms with van der Waals surface area (Å²) in [5, 5.41) is 13.4.